The van der Waals surface area contributed by atoms with Crippen LogP contribution in [0.25, 0.3) is 0 Å². The highest BCUT2D eigenvalue weighted by Crippen LogP contribution is 2.29. The monoisotopic (exact) mass is 282 g/mol. The minimum absolute atomic E-state index is 0.781. The van der Waals surface area contributed by atoms with Gasteiger partial charge in [0.05, 0.1) is 0 Å². The van der Waals surface area contributed by atoms with E-state index < -0.39 is 0 Å². The molecule has 1 aromatic carbocycles. The van der Waals surface area contributed by atoms with Gasteiger partial charge in [-0.2, -0.15) is 5.10 Å². The largest absolute Gasteiger partial charge is 0.313 e. The molecule has 1 aromatic heterocycles. The number of hydrogen-bond acceptors (Lipinski definition) is 4. The average molecular weight is 283 g/mol. The summed E-state index contributed by atoms with van der Waals surface area (Å²) in [5, 5.41) is 8.93. The summed E-state index contributed by atoms with van der Waals surface area (Å²) in [5.74, 6) is 0. The Morgan fingerprint density at radius 1 is 1.44 bits per heavy atom. The molecule has 2 aromatic rings. The fourth-order valence-corrected chi connectivity index (χ4v) is 2.59. The quantitative estimate of drug-likeness (QED) is 0.916. The molecule has 0 radical (unpaired) electrons. The van der Waals surface area contributed by atoms with E-state index >= 15 is 0 Å². The molecule has 0 unspecified atom stereocenters. The molecule has 0 saturated carbocycles. The first kappa shape index (κ1) is 13.4. The van der Waals surface area contributed by atoms with Crippen LogP contribution in [0.4, 0.5) is 0 Å². The molecule has 0 aliphatic rings. The molecular weight excluding hydrogens is 268 g/mol. The van der Waals surface area contributed by atoms with Gasteiger partial charge in [-0.25, -0.2) is 9.67 Å². The molecule has 18 heavy (non-hydrogen) atoms. The molecule has 0 aliphatic heterocycles. The highest BCUT2D eigenvalue weighted by molar-refractivity contribution is 7.99. The van der Waals surface area contributed by atoms with Gasteiger partial charge < -0.3 is 5.32 Å². The van der Waals surface area contributed by atoms with E-state index in [4.69, 9.17) is 11.6 Å². The van der Waals surface area contributed by atoms with Crippen LogP contribution in [-0.2, 0) is 13.6 Å². The van der Waals surface area contributed by atoms with Crippen molar-refractivity contribution >= 4 is 23.4 Å². The van der Waals surface area contributed by atoms with Gasteiger partial charge in [0.15, 0.2) is 5.16 Å². The average Bonchev–Trinajstić information content (AvgIpc) is 2.74. The van der Waals surface area contributed by atoms with E-state index in [9.17, 15) is 0 Å². The molecule has 2 rings (SSSR count). The van der Waals surface area contributed by atoms with Crippen LogP contribution in [0.5, 0.6) is 0 Å². The molecular formula is C12H15ClN4S. The summed E-state index contributed by atoms with van der Waals surface area (Å²) in [6.45, 7) is 3.81. The number of hydrogen-bond donors (Lipinski definition) is 1. The van der Waals surface area contributed by atoms with Crippen LogP contribution in [0.15, 0.2) is 34.6 Å². The Morgan fingerprint density at radius 2 is 2.28 bits per heavy atom. The zero-order valence-electron chi connectivity index (χ0n) is 10.4. The van der Waals surface area contributed by atoms with Crippen LogP contribution in [0.1, 0.15) is 12.5 Å². The second-order valence-electron chi connectivity index (χ2n) is 3.80. The molecule has 1 heterocycles. The summed E-state index contributed by atoms with van der Waals surface area (Å²) in [6, 6.07) is 6.06. The van der Waals surface area contributed by atoms with E-state index in [1.165, 1.54) is 0 Å². The van der Waals surface area contributed by atoms with Gasteiger partial charge in [0, 0.05) is 23.5 Å². The summed E-state index contributed by atoms with van der Waals surface area (Å²) in [4.78, 5) is 5.24. The van der Waals surface area contributed by atoms with E-state index in [-0.39, 0.29) is 0 Å². The zero-order chi connectivity index (χ0) is 13.0. The molecule has 1 N–H and O–H groups in total. The molecule has 4 nitrogen and oxygen atoms in total. The van der Waals surface area contributed by atoms with Crippen molar-refractivity contribution in [2.75, 3.05) is 6.54 Å². The van der Waals surface area contributed by atoms with Gasteiger partial charge in [0.2, 0.25) is 0 Å². The van der Waals surface area contributed by atoms with Gasteiger partial charge in [-0.3, -0.25) is 0 Å². The predicted molar refractivity (Wildman–Crippen MR) is 74.0 cm³/mol. The van der Waals surface area contributed by atoms with Gasteiger partial charge in [-0.15, -0.1) is 0 Å². The maximum atomic E-state index is 6.25. The van der Waals surface area contributed by atoms with Crippen molar-refractivity contribution in [1.29, 1.82) is 0 Å². The van der Waals surface area contributed by atoms with Crippen LogP contribution in [-0.4, -0.2) is 21.3 Å². The lowest BCUT2D eigenvalue weighted by Crippen LogP contribution is -2.11. The molecule has 0 saturated heterocycles. The second kappa shape index (κ2) is 6.22. The zero-order valence-corrected chi connectivity index (χ0v) is 11.9. The Kier molecular flexibility index (Phi) is 4.63. The number of rotatable bonds is 5. The predicted octanol–water partition coefficient (Wildman–Crippen LogP) is 2.73. The molecule has 6 heteroatoms. The first-order chi connectivity index (χ1) is 8.70. The SMILES string of the molecule is CCNCc1ccc(Sc2ncnn2C)cc1Cl. The normalized spacial score (nSPS) is 10.8. The highest BCUT2D eigenvalue weighted by Gasteiger charge is 2.06. The van der Waals surface area contributed by atoms with E-state index in [1.807, 2.05) is 19.2 Å². The maximum absolute atomic E-state index is 6.25. The van der Waals surface area contributed by atoms with Gasteiger partial charge in [-0.05, 0) is 24.2 Å². The topological polar surface area (TPSA) is 42.7 Å². The van der Waals surface area contributed by atoms with Crippen molar-refractivity contribution in [2.45, 2.75) is 23.5 Å². The maximum Gasteiger partial charge on any atom is 0.190 e. The number of nitrogens with one attached hydrogen (secondary N) is 1. The summed E-state index contributed by atoms with van der Waals surface area (Å²) in [5.41, 5.74) is 1.11. The number of nitrogens with zero attached hydrogens (tertiary/aromatic N) is 3. The number of benzene rings is 1. The Labute approximate surface area is 116 Å². The lowest BCUT2D eigenvalue weighted by Gasteiger charge is -2.07. The lowest BCUT2D eigenvalue weighted by molar-refractivity contribution is 0.685. The van der Waals surface area contributed by atoms with Gasteiger partial charge in [0.25, 0.3) is 0 Å². The number of halogens is 1. The van der Waals surface area contributed by atoms with Crippen LogP contribution in [0.2, 0.25) is 5.02 Å². The summed E-state index contributed by atoms with van der Waals surface area (Å²) < 4.78 is 1.74. The first-order valence-electron chi connectivity index (χ1n) is 5.71. The van der Waals surface area contributed by atoms with Crippen LogP contribution < -0.4 is 5.32 Å². The van der Waals surface area contributed by atoms with Crippen molar-refractivity contribution in [3.05, 3.63) is 35.1 Å². The van der Waals surface area contributed by atoms with E-state index in [0.29, 0.717) is 0 Å². The minimum atomic E-state index is 0.781. The molecule has 0 atom stereocenters. The first-order valence-corrected chi connectivity index (χ1v) is 6.91. The van der Waals surface area contributed by atoms with Crippen LogP contribution in [0, 0.1) is 0 Å². The second-order valence-corrected chi connectivity index (χ2v) is 5.25. The molecule has 0 aliphatic carbocycles. The van der Waals surface area contributed by atoms with Crippen molar-refractivity contribution in [3.63, 3.8) is 0 Å². The van der Waals surface area contributed by atoms with Gasteiger partial charge in [0.1, 0.15) is 6.33 Å². The van der Waals surface area contributed by atoms with Crippen molar-refractivity contribution in [3.8, 4) is 0 Å². The molecule has 0 spiro atoms. The Bertz CT molecular complexity index is 527. The van der Waals surface area contributed by atoms with E-state index in [1.54, 1.807) is 22.8 Å². The minimum Gasteiger partial charge on any atom is -0.313 e. The fraction of sp³-hybridized carbons (Fsp3) is 0.333. The molecule has 96 valence electrons. The third-order valence-corrected chi connectivity index (χ3v) is 3.86. The standard InChI is InChI=1S/C12H15ClN4S/c1-3-14-7-9-4-5-10(6-11(9)13)18-12-15-8-16-17(12)2/h4-6,8,14H,3,7H2,1-2H3. The van der Waals surface area contributed by atoms with E-state index in [2.05, 4.69) is 28.4 Å². The van der Waals surface area contributed by atoms with Gasteiger partial charge in [-0.1, -0.05) is 36.4 Å². The number of aromatic nitrogens is 3. The lowest BCUT2D eigenvalue weighted by atomic mass is 10.2. The summed E-state index contributed by atoms with van der Waals surface area (Å²) in [6.07, 6.45) is 1.55. The third-order valence-electron chi connectivity index (χ3n) is 2.47. The van der Waals surface area contributed by atoms with Gasteiger partial charge >= 0.3 is 0 Å². The Balaban J connectivity index is 2.11. The fourth-order valence-electron chi connectivity index (χ4n) is 1.48. The summed E-state index contributed by atoms with van der Waals surface area (Å²) >= 11 is 7.80. The third kappa shape index (κ3) is 3.25. The molecule has 0 bridgehead atoms. The van der Waals surface area contributed by atoms with Crippen LogP contribution in [0.3, 0.4) is 0 Å². The van der Waals surface area contributed by atoms with E-state index in [0.717, 1.165) is 33.7 Å². The van der Waals surface area contributed by atoms with Crippen LogP contribution >= 0.6 is 23.4 Å². The Hall–Kier alpha value is -1.04. The molecule has 0 fully saturated rings. The highest BCUT2D eigenvalue weighted by atomic mass is 35.5. The van der Waals surface area contributed by atoms with Crippen molar-refractivity contribution in [2.24, 2.45) is 7.05 Å². The molecule has 0 amide bonds. The Morgan fingerprint density at radius 3 is 2.89 bits per heavy atom. The van der Waals surface area contributed by atoms with Crippen molar-refractivity contribution in [1.82, 2.24) is 20.1 Å². The smallest absolute Gasteiger partial charge is 0.190 e. The van der Waals surface area contributed by atoms with Crippen molar-refractivity contribution < 1.29 is 0 Å². The number of aryl methyl sites for hydroxylation is 1. The summed E-state index contributed by atoms with van der Waals surface area (Å²) in [7, 11) is 1.87.